The van der Waals surface area contributed by atoms with Gasteiger partial charge in [-0.2, -0.15) is 0 Å². The van der Waals surface area contributed by atoms with Crippen LogP contribution in [0.15, 0.2) is 84.2 Å². The third-order valence-corrected chi connectivity index (χ3v) is 4.25. The number of hydrogen-bond donors (Lipinski definition) is 0. The number of methoxy groups -OCH3 is 1. The summed E-state index contributed by atoms with van der Waals surface area (Å²) in [6, 6.07) is 11.8. The first kappa shape index (κ1) is 21.8. The van der Waals surface area contributed by atoms with Crippen LogP contribution in [-0.2, 0) is 25.7 Å². The van der Waals surface area contributed by atoms with Crippen LogP contribution in [0, 0.1) is 0 Å². The third kappa shape index (κ3) is 6.28. The Morgan fingerprint density at radius 3 is 2.59 bits per heavy atom. The van der Waals surface area contributed by atoms with Crippen molar-refractivity contribution in [2.45, 2.75) is 26.9 Å². The van der Waals surface area contributed by atoms with Gasteiger partial charge in [0.15, 0.2) is 5.78 Å². The minimum atomic E-state index is -0.526. The number of pyridine rings is 1. The summed E-state index contributed by atoms with van der Waals surface area (Å²) in [5.74, 6) is -0.249. The number of ether oxygens (including phenoxy) is 2. The molecular formula is C24H25NO4. The lowest BCUT2D eigenvalue weighted by atomic mass is 10.1. The van der Waals surface area contributed by atoms with Crippen molar-refractivity contribution in [2.75, 3.05) is 7.11 Å². The van der Waals surface area contributed by atoms with E-state index in [2.05, 4.69) is 16.3 Å². The van der Waals surface area contributed by atoms with E-state index in [-0.39, 0.29) is 18.0 Å². The van der Waals surface area contributed by atoms with Crippen molar-refractivity contribution in [2.24, 2.45) is 0 Å². The van der Waals surface area contributed by atoms with Crippen LogP contribution >= 0.6 is 0 Å². The molecule has 150 valence electrons. The number of carbonyl (C=O) groups excluding carboxylic acids is 2. The van der Waals surface area contributed by atoms with Crippen LogP contribution < -0.4 is 0 Å². The van der Waals surface area contributed by atoms with Crippen molar-refractivity contribution >= 4 is 22.7 Å². The zero-order valence-electron chi connectivity index (χ0n) is 17.0. The third-order valence-electron chi connectivity index (χ3n) is 4.25. The van der Waals surface area contributed by atoms with Crippen LogP contribution in [0.25, 0.3) is 10.9 Å². The lowest BCUT2D eigenvalue weighted by molar-refractivity contribution is -0.136. The number of nitrogens with zero attached hydrogens (tertiary/aromatic N) is 1. The predicted octanol–water partition coefficient (Wildman–Crippen LogP) is 4.85. The van der Waals surface area contributed by atoms with Crippen LogP contribution in [0.4, 0.5) is 0 Å². The molecule has 5 nitrogen and oxygen atoms in total. The summed E-state index contributed by atoms with van der Waals surface area (Å²) < 4.78 is 10.4. The topological polar surface area (TPSA) is 65.5 Å². The number of hydrogen-bond acceptors (Lipinski definition) is 5. The van der Waals surface area contributed by atoms with E-state index in [1.54, 1.807) is 25.2 Å². The van der Waals surface area contributed by atoms with Crippen LogP contribution in [0.1, 0.15) is 26.0 Å². The number of rotatable bonds is 9. The summed E-state index contributed by atoms with van der Waals surface area (Å²) >= 11 is 0. The molecule has 1 aromatic heterocycles. The maximum absolute atomic E-state index is 12.4. The highest BCUT2D eigenvalue weighted by Crippen LogP contribution is 2.14. The Morgan fingerprint density at radius 2 is 1.90 bits per heavy atom. The average molecular weight is 391 g/mol. The van der Waals surface area contributed by atoms with Crippen molar-refractivity contribution < 1.29 is 19.1 Å². The summed E-state index contributed by atoms with van der Waals surface area (Å²) in [5, 5.41) is 1.07. The second-order valence-corrected chi connectivity index (χ2v) is 6.29. The molecule has 2 rings (SSSR count). The molecule has 0 amide bonds. The second-order valence-electron chi connectivity index (χ2n) is 6.29. The molecule has 29 heavy (non-hydrogen) atoms. The van der Waals surface area contributed by atoms with Crippen molar-refractivity contribution in [3.05, 3.63) is 89.9 Å². The van der Waals surface area contributed by atoms with Crippen molar-refractivity contribution in [1.82, 2.24) is 4.98 Å². The van der Waals surface area contributed by atoms with E-state index in [4.69, 9.17) is 4.74 Å². The minimum Gasteiger partial charge on any atom is -0.487 e. The Labute approximate surface area is 171 Å². The number of allylic oxidation sites excluding steroid dienone is 5. The standard InChI is InChI=1S/C24H25NO4/c1-5-18(23(26)15-17(3)24(27)28-4)12-14-21(6-2)29-16-20-13-11-19-9-7-8-10-22(19)25-20/h6-15H,2,5,16H2,1,3-4H3/b17-15+,18-12+,21-14+. The maximum atomic E-state index is 12.4. The van der Waals surface area contributed by atoms with E-state index < -0.39 is 5.97 Å². The summed E-state index contributed by atoms with van der Waals surface area (Å²) in [6.45, 7) is 7.45. The van der Waals surface area contributed by atoms with Gasteiger partial charge in [0.25, 0.3) is 0 Å². The van der Waals surface area contributed by atoms with E-state index in [0.717, 1.165) is 16.6 Å². The second kappa shape index (κ2) is 10.8. The summed E-state index contributed by atoms with van der Waals surface area (Å²) in [4.78, 5) is 28.4. The van der Waals surface area contributed by atoms with Gasteiger partial charge in [-0.3, -0.25) is 4.79 Å². The lowest BCUT2D eigenvalue weighted by Gasteiger charge is -2.07. The van der Waals surface area contributed by atoms with Crippen LogP contribution in [0.2, 0.25) is 0 Å². The van der Waals surface area contributed by atoms with E-state index >= 15 is 0 Å². The molecule has 0 fully saturated rings. The smallest absolute Gasteiger partial charge is 0.333 e. The highest BCUT2D eigenvalue weighted by atomic mass is 16.5. The molecule has 0 unspecified atom stereocenters. The highest BCUT2D eigenvalue weighted by Gasteiger charge is 2.09. The molecule has 0 saturated heterocycles. The molecule has 0 saturated carbocycles. The molecule has 0 N–H and O–H groups in total. The van der Waals surface area contributed by atoms with Crippen molar-refractivity contribution in [3.8, 4) is 0 Å². The molecule has 0 aliphatic carbocycles. The first-order valence-electron chi connectivity index (χ1n) is 9.30. The molecule has 1 heterocycles. The van der Waals surface area contributed by atoms with Gasteiger partial charge < -0.3 is 9.47 Å². The van der Waals surface area contributed by atoms with Gasteiger partial charge in [-0.1, -0.05) is 43.8 Å². The molecule has 1 aromatic carbocycles. The maximum Gasteiger partial charge on any atom is 0.333 e. The van der Waals surface area contributed by atoms with Gasteiger partial charge in [0.05, 0.1) is 18.3 Å². The molecule has 0 aliphatic heterocycles. The summed E-state index contributed by atoms with van der Waals surface area (Å²) in [7, 11) is 1.28. The first-order valence-corrected chi connectivity index (χ1v) is 9.30. The molecule has 0 atom stereocenters. The van der Waals surface area contributed by atoms with Crippen LogP contribution in [0.5, 0.6) is 0 Å². The van der Waals surface area contributed by atoms with E-state index in [0.29, 0.717) is 17.8 Å². The largest absolute Gasteiger partial charge is 0.487 e. The molecule has 0 radical (unpaired) electrons. The van der Waals surface area contributed by atoms with Gasteiger partial charge >= 0.3 is 5.97 Å². The van der Waals surface area contributed by atoms with E-state index in [9.17, 15) is 9.59 Å². The lowest BCUT2D eigenvalue weighted by Crippen LogP contribution is -2.06. The molecule has 2 aromatic rings. The average Bonchev–Trinajstić information content (AvgIpc) is 2.75. The number of aromatic nitrogens is 1. The van der Waals surface area contributed by atoms with Crippen molar-refractivity contribution in [3.63, 3.8) is 0 Å². The van der Waals surface area contributed by atoms with Gasteiger partial charge in [-0.25, -0.2) is 9.78 Å². The molecule has 5 heteroatoms. The van der Waals surface area contributed by atoms with Gasteiger partial charge in [0.2, 0.25) is 0 Å². The first-order chi connectivity index (χ1) is 14.0. The minimum absolute atomic E-state index is 0.244. The number of carbonyl (C=O) groups is 2. The summed E-state index contributed by atoms with van der Waals surface area (Å²) in [6.07, 6.45) is 6.73. The zero-order chi connectivity index (χ0) is 21.2. The number of para-hydroxylation sites is 1. The number of ketones is 1. The molecular weight excluding hydrogens is 366 g/mol. The Balaban J connectivity index is 2.10. The quantitative estimate of drug-likeness (QED) is 0.265. The Morgan fingerprint density at radius 1 is 1.14 bits per heavy atom. The van der Waals surface area contributed by atoms with Crippen molar-refractivity contribution in [1.29, 1.82) is 0 Å². The van der Waals surface area contributed by atoms with Crippen LogP contribution in [-0.4, -0.2) is 23.8 Å². The SMILES string of the molecule is C=C/C(=C\C=C(/CC)C(=O)/C=C(\C)C(=O)OC)OCc1ccc2ccccc2n1. The van der Waals surface area contributed by atoms with E-state index in [1.807, 2.05) is 43.3 Å². The molecule has 0 aliphatic rings. The van der Waals surface area contributed by atoms with E-state index in [1.165, 1.54) is 13.2 Å². The van der Waals surface area contributed by atoms with Crippen LogP contribution in [0.3, 0.4) is 0 Å². The summed E-state index contributed by atoms with van der Waals surface area (Å²) in [5.41, 5.74) is 2.50. The number of benzene rings is 1. The van der Waals surface area contributed by atoms with Gasteiger partial charge in [-0.15, -0.1) is 0 Å². The Hall–Kier alpha value is -3.47. The van der Waals surface area contributed by atoms with Gasteiger partial charge in [0.1, 0.15) is 12.4 Å². The fraction of sp³-hybridized carbons (Fsp3) is 0.208. The fourth-order valence-corrected chi connectivity index (χ4v) is 2.59. The highest BCUT2D eigenvalue weighted by molar-refractivity contribution is 6.08. The van der Waals surface area contributed by atoms with Gasteiger partial charge in [-0.05, 0) is 49.3 Å². The monoisotopic (exact) mass is 391 g/mol. The zero-order valence-corrected chi connectivity index (χ0v) is 17.0. The number of fused-ring (bicyclic) bond motifs is 1. The molecule has 0 bridgehead atoms. The molecule has 0 spiro atoms. The Bertz CT molecular complexity index is 999. The van der Waals surface area contributed by atoms with Gasteiger partial charge in [0, 0.05) is 11.0 Å². The Kier molecular flexibility index (Phi) is 8.10. The predicted molar refractivity (Wildman–Crippen MR) is 114 cm³/mol. The normalized spacial score (nSPS) is 12.6. The number of esters is 1. The fourth-order valence-electron chi connectivity index (χ4n) is 2.59.